The molecular weight excluding hydrogens is 324 g/mol. The summed E-state index contributed by atoms with van der Waals surface area (Å²) in [7, 11) is 1.65. The second-order valence-electron chi connectivity index (χ2n) is 6.08. The fourth-order valence-electron chi connectivity index (χ4n) is 2.96. The summed E-state index contributed by atoms with van der Waals surface area (Å²) in [5.74, 6) is 0.469. The maximum absolute atomic E-state index is 12.9. The number of hydrogen-bond acceptors (Lipinski definition) is 3. The summed E-state index contributed by atoms with van der Waals surface area (Å²) in [5, 5.41) is 0.718. The SMILES string of the molecule is COCCN(Cc1ccccn1)C(=O)C1CC1c1cccc(Cl)c1. The lowest BCUT2D eigenvalue weighted by atomic mass is 10.1. The van der Waals surface area contributed by atoms with E-state index >= 15 is 0 Å². The van der Waals surface area contributed by atoms with Gasteiger partial charge in [-0.3, -0.25) is 9.78 Å². The summed E-state index contributed by atoms with van der Waals surface area (Å²) < 4.78 is 5.16. The van der Waals surface area contributed by atoms with Crippen molar-refractivity contribution >= 4 is 17.5 Å². The molecular formula is C19H21ClN2O2. The van der Waals surface area contributed by atoms with Gasteiger partial charge >= 0.3 is 0 Å². The molecule has 1 saturated carbocycles. The molecule has 1 aromatic carbocycles. The third-order valence-electron chi connectivity index (χ3n) is 4.34. The van der Waals surface area contributed by atoms with Crippen LogP contribution in [0.1, 0.15) is 23.6 Å². The van der Waals surface area contributed by atoms with E-state index in [1.54, 1.807) is 13.3 Å². The number of amides is 1. The van der Waals surface area contributed by atoms with Gasteiger partial charge in [-0.15, -0.1) is 0 Å². The summed E-state index contributed by atoms with van der Waals surface area (Å²) >= 11 is 6.06. The van der Waals surface area contributed by atoms with Gasteiger partial charge in [0.15, 0.2) is 0 Å². The van der Waals surface area contributed by atoms with E-state index in [0.717, 1.165) is 22.7 Å². The lowest BCUT2D eigenvalue weighted by Crippen LogP contribution is -2.35. The predicted octanol–water partition coefficient (Wildman–Crippen LogP) is 3.51. The van der Waals surface area contributed by atoms with E-state index in [4.69, 9.17) is 16.3 Å². The highest BCUT2D eigenvalue weighted by molar-refractivity contribution is 6.30. The molecule has 1 aliphatic rings. The average Bonchev–Trinajstić information content (AvgIpc) is 3.39. The first-order chi connectivity index (χ1) is 11.7. The molecule has 4 nitrogen and oxygen atoms in total. The molecule has 0 saturated heterocycles. The van der Waals surface area contributed by atoms with E-state index in [0.29, 0.717) is 19.7 Å². The maximum atomic E-state index is 12.9. The number of hydrogen-bond donors (Lipinski definition) is 0. The van der Waals surface area contributed by atoms with Gasteiger partial charge in [-0.1, -0.05) is 29.8 Å². The lowest BCUT2D eigenvalue weighted by Gasteiger charge is -2.22. The van der Waals surface area contributed by atoms with Crippen molar-refractivity contribution in [3.63, 3.8) is 0 Å². The van der Waals surface area contributed by atoms with Crippen molar-refractivity contribution in [1.82, 2.24) is 9.88 Å². The zero-order chi connectivity index (χ0) is 16.9. The molecule has 5 heteroatoms. The molecule has 1 fully saturated rings. The summed E-state index contributed by atoms with van der Waals surface area (Å²) in [6.45, 7) is 1.61. The van der Waals surface area contributed by atoms with Crippen LogP contribution in [0.2, 0.25) is 5.02 Å². The Balaban J connectivity index is 1.68. The summed E-state index contributed by atoms with van der Waals surface area (Å²) in [6.07, 6.45) is 2.63. The number of halogens is 1. The van der Waals surface area contributed by atoms with Crippen LogP contribution < -0.4 is 0 Å². The first-order valence-corrected chi connectivity index (χ1v) is 8.50. The average molecular weight is 345 g/mol. The minimum Gasteiger partial charge on any atom is -0.383 e. The summed E-state index contributed by atoms with van der Waals surface area (Å²) in [5.41, 5.74) is 2.03. The van der Waals surface area contributed by atoms with Crippen LogP contribution in [-0.4, -0.2) is 36.1 Å². The van der Waals surface area contributed by atoms with Gasteiger partial charge < -0.3 is 9.64 Å². The molecule has 126 valence electrons. The van der Waals surface area contributed by atoms with Crippen LogP contribution >= 0.6 is 11.6 Å². The van der Waals surface area contributed by atoms with Gasteiger partial charge in [-0.25, -0.2) is 0 Å². The van der Waals surface area contributed by atoms with E-state index in [-0.39, 0.29) is 17.7 Å². The van der Waals surface area contributed by atoms with Crippen LogP contribution in [-0.2, 0) is 16.1 Å². The van der Waals surface area contributed by atoms with Crippen molar-refractivity contribution in [3.8, 4) is 0 Å². The molecule has 2 atom stereocenters. The highest BCUT2D eigenvalue weighted by Gasteiger charge is 2.45. The van der Waals surface area contributed by atoms with Gasteiger partial charge in [0.05, 0.1) is 18.8 Å². The number of nitrogens with zero attached hydrogens (tertiary/aromatic N) is 2. The number of methoxy groups -OCH3 is 1. The predicted molar refractivity (Wildman–Crippen MR) is 93.8 cm³/mol. The number of rotatable bonds is 7. The van der Waals surface area contributed by atoms with Gasteiger partial charge in [0, 0.05) is 30.8 Å². The molecule has 2 aromatic rings. The fourth-order valence-corrected chi connectivity index (χ4v) is 3.16. The van der Waals surface area contributed by atoms with Crippen LogP contribution in [0.4, 0.5) is 0 Å². The molecule has 0 bridgehead atoms. The van der Waals surface area contributed by atoms with Gasteiger partial charge in [0.1, 0.15) is 0 Å². The highest BCUT2D eigenvalue weighted by atomic mass is 35.5. The Morgan fingerprint density at radius 1 is 1.33 bits per heavy atom. The highest BCUT2D eigenvalue weighted by Crippen LogP contribution is 2.48. The molecule has 1 heterocycles. The van der Waals surface area contributed by atoms with Crippen LogP contribution in [0.25, 0.3) is 0 Å². The molecule has 3 rings (SSSR count). The number of aromatic nitrogens is 1. The summed E-state index contributed by atoms with van der Waals surface area (Å²) in [4.78, 5) is 19.1. The molecule has 0 spiro atoms. The number of pyridine rings is 1. The Morgan fingerprint density at radius 3 is 2.92 bits per heavy atom. The van der Waals surface area contributed by atoms with E-state index in [1.807, 2.05) is 47.4 Å². The molecule has 0 aliphatic heterocycles. The van der Waals surface area contributed by atoms with Crippen LogP contribution in [0, 0.1) is 5.92 Å². The lowest BCUT2D eigenvalue weighted by molar-refractivity contribution is -0.134. The Morgan fingerprint density at radius 2 is 2.21 bits per heavy atom. The number of ether oxygens (including phenoxy) is 1. The van der Waals surface area contributed by atoms with Gasteiger partial charge in [0.2, 0.25) is 5.91 Å². The van der Waals surface area contributed by atoms with Crippen LogP contribution in [0.15, 0.2) is 48.7 Å². The Bertz CT molecular complexity index is 693. The smallest absolute Gasteiger partial charge is 0.226 e. The first-order valence-electron chi connectivity index (χ1n) is 8.12. The zero-order valence-corrected chi connectivity index (χ0v) is 14.4. The van der Waals surface area contributed by atoms with Crippen molar-refractivity contribution in [3.05, 3.63) is 64.9 Å². The minimum atomic E-state index is 0.0315. The van der Waals surface area contributed by atoms with E-state index < -0.39 is 0 Å². The largest absolute Gasteiger partial charge is 0.383 e. The molecule has 0 radical (unpaired) electrons. The number of benzene rings is 1. The quantitative estimate of drug-likeness (QED) is 0.771. The van der Waals surface area contributed by atoms with Crippen molar-refractivity contribution in [1.29, 1.82) is 0 Å². The normalized spacial score (nSPS) is 19.1. The van der Waals surface area contributed by atoms with Gasteiger partial charge in [0.25, 0.3) is 0 Å². The van der Waals surface area contributed by atoms with Crippen molar-refractivity contribution < 1.29 is 9.53 Å². The third kappa shape index (κ3) is 4.13. The summed E-state index contributed by atoms with van der Waals surface area (Å²) in [6, 6.07) is 13.5. The van der Waals surface area contributed by atoms with E-state index in [9.17, 15) is 4.79 Å². The topological polar surface area (TPSA) is 42.4 Å². The minimum absolute atomic E-state index is 0.0315. The molecule has 1 amide bonds. The van der Waals surface area contributed by atoms with Crippen molar-refractivity contribution in [2.24, 2.45) is 5.92 Å². The third-order valence-corrected chi connectivity index (χ3v) is 4.58. The molecule has 1 aromatic heterocycles. The number of carbonyl (C=O) groups is 1. The monoisotopic (exact) mass is 344 g/mol. The van der Waals surface area contributed by atoms with E-state index in [2.05, 4.69) is 4.98 Å². The zero-order valence-electron chi connectivity index (χ0n) is 13.7. The first kappa shape index (κ1) is 16.9. The molecule has 0 N–H and O–H groups in total. The van der Waals surface area contributed by atoms with Crippen LogP contribution in [0.5, 0.6) is 0 Å². The Labute approximate surface area is 147 Å². The Hall–Kier alpha value is -1.91. The second-order valence-corrected chi connectivity index (χ2v) is 6.51. The number of carbonyl (C=O) groups excluding carboxylic acids is 1. The van der Waals surface area contributed by atoms with Crippen molar-refractivity contribution in [2.75, 3.05) is 20.3 Å². The molecule has 24 heavy (non-hydrogen) atoms. The fraction of sp³-hybridized carbons (Fsp3) is 0.368. The van der Waals surface area contributed by atoms with Gasteiger partial charge in [-0.2, -0.15) is 0 Å². The Kier molecular flexibility index (Phi) is 5.48. The molecule has 2 unspecified atom stereocenters. The van der Waals surface area contributed by atoms with Crippen molar-refractivity contribution in [2.45, 2.75) is 18.9 Å². The van der Waals surface area contributed by atoms with E-state index in [1.165, 1.54) is 0 Å². The second kappa shape index (κ2) is 7.77. The van der Waals surface area contributed by atoms with Crippen LogP contribution in [0.3, 0.4) is 0 Å². The molecule has 1 aliphatic carbocycles. The maximum Gasteiger partial charge on any atom is 0.226 e. The standard InChI is InChI=1S/C19H21ClN2O2/c1-24-10-9-22(13-16-7-2-3-8-21-16)19(23)18-12-17(18)14-5-4-6-15(20)11-14/h2-8,11,17-18H,9-10,12-13H2,1H3. The van der Waals surface area contributed by atoms with Gasteiger partial charge in [-0.05, 0) is 42.2 Å².